The number of carbonyl (C=O) groups is 2. The molecule has 22 atom stereocenters. The van der Waals surface area contributed by atoms with E-state index in [4.69, 9.17) is 37.9 Å². The van der Waals surface area contributed by atoms with Crippen LogP contribution in [0.1, 0.15) is 239 Å². The third-order valence-electron chi connectivity index (χ3n) is 18.8. The summed E-state index contributed by atoms with van der Waals surface area (Å²) in [6.45, 7) is 1.59. The first-order chi connectivity index (χ1) is 46.0. The Bertz CT molecular complexity index is 2020. The SMILES string of the molecule is CCCCCCCC/C=C\CCCCCCCCCCCCCCCC(=O)N[C@@H](CO[C@@H]1OC(CO)[C@@H](O[C@@H]2OC(CO)[C@H](O)[C@H](O[C@H]3OC(CO)[C@H](O)[C@H](O[C@@H]4OC(CO)[C@H](O)[C@H](O)C4NC(C)=O)C3O)C2O)[C@H](O)C1O)[C@H](O)/C=C/CCCCCCCCCCCCC. The number of unbranched alkanes of at least 4 members (excludes halogenated alkanes) is 30. The highest BCUT2D eigenvalue weighted by Gasteiger charge is 2.56. The van der Waals surface area contributed by atoms with Gasteiger partial charge in [-0.3, -0.25) is 9.59 Å². The Balaban J connectivity index is 1.30. The number of ether oxygens (including phenoxy) is 8. The van der Waals surface area contributed by atoms with Gasteiger partial charge >= 0.3 is 0 Å². The van der Waals surface area contributed by atoms with E-state index in [9.17, 15) is 76.0 Å². The third kappa shape index (κ3) is 30.8. The van der Waals surface area contributed by atoms with Crippen LogP contribution in [0.3, 0.4) is 0 Å². The van der Waals surface area contributed by atoms with E-state index in [0.717, 1.165) is 51.9 Å². The lowest BCUT2D eigenvalue weighted by Gasteiger charge is -2.49. The molecule has 15 N–H and O–H groups in total. The molecule has 95 heavy (non-hydrogen) atoms. The van der Waals surface area contributed by atoms with Crippen molar-refractivity contribution in [3.05, 3.63) is 24.3 Å². The average Bonchev–Trinajstić information content (AvgIpc) is 0.794. The van der Waals surface area contributed by atoms with Gasteiger partial charge in [0.15, 0.2) is 25.2 Å². The predicted octanol–water partition coefficient (Wildman–Crippen LogP) is 4.68. The Morgan fingerprint density at radius 3 is 1.21 bits per heavy atom. The van der Waals surface area contributed by atoms with Crippen LogP contribution in [-0.4, -0.2) is 246 Å². The summed E-state index contributed by atoms with van der Waals surface area (Å²) in [6, 6.07) is -2.56. The molecule has 0 spiro atoms. The van der Waals surface area contributed by atoms with Crippen LogP contribution in [0.2, 0.25) is 0 Å². The molecular formula is C70H128N2O23. The highest BCUT2D eigenvalue weighted by atomic mass is 16.8. The summed E-state index contributed by atoms with van der Waals surface area (Å²) in [5.74, 6) is -1.02. The maximum atomic E-state index is 13.5. The van der Waals surface area contributed by atoms with E-state index >= 15 is 0 Å². The van der Waals surface area contributed by atoms with Crippen molar-refractivity contribution in [1.82, 2.24) is 10.6 Å². The molecule has 4 aliphatic rings. The first-order valence-corrected chi connectivity index (χ1v) is 36.6. The fourth-order valence-electron chi connectivity index (χ4n) is 12.8. The van der Waals surface area contributed by atoms with Gasteiger partial charge in [0.2, 0.25) is 11.8 Å². The lowest BCUT2D eigenvalue weighted by molar-refractivity contribution is -0.387. The van der Waals surface area contributed by atoms with Gasteiger partial charge in [-0.2, -0.15) is 0 Å². The Hall–Kier alpha value is -2.42. The zero-order chi connectivity index (χ0) is 69.3. The van der Waals surface area contributed by atoms with Crippen molar-refractivity contribution in [1.29, 1.82) is 0 Å². The number of carbonyl (C=O) groups excluding carboxylic acids is 2. The molecule has 0 aliphatic carbocycles. The van der Waals surface area contributed by atoms with Crippen molar-refractivity contribution in [2.24, 2.45) is 0 Å². The van der Waals surface area contributed by atoms with Crippen LogP contribution in [0, 0.1) is 0 Å². The van der Waals surface area contributed by atoms with E-state index in [2.05, 4.69) is 36.6 Å². The van der Waals surface area contributed by atoms with Gasteiger partial charge in [0.25, 0.3) is 0 Å². The van der Waals surface area contributed by atoms with Crippen LogP contribution in [-0.2, 0) is 47.5 Å². The Labute approximate surface area is 565 Å². The van der Waals surface area contributed by atoms with Gasteiger partial charge in [0.1, 0.15) is 97.6 Å². The number of aliphatic hydroxyl groups is 13. The second kappa shape index (κ2) is 50.0. The van der Waals surface area contributed by atoms with Crippen molar-refractivity contribution in [2.75, 3.05) is 33.0 Å². The van der Waals surface area contributed by atoms with Crippen molar-refractivity contribution in [2.45, 2.75) is 374 Å². The molecule has 4 fully saturated rings. The molecule has 0 bridgehead atoms. The van der Waals surface area contributed by atoms with Crippen LogP contribution < -0.4 is 10.6 Å². The van der Waals surface area contributed by atoms with Crippen LogP contribution in [0.4, 0.5) is 0 Å². The second-order valence-corrected chi connectivity index (χ2v) is 26.8. The Morgan fingerprint density at radius 1 is 0.411 bits per heavy atom. The van der Waals surface area contributed by atoms with E-state index in [0.29, 0.717) is 12.8 Å². The van der Waals surface area contributed by atoms with E-state index < -0.39 is 174 Å². The van der Waals surface area contributed by atoms with Gasteiger partial charge in [0, 0.05) is 13.3 Å². The van der Waals surface area contributed by atoms with Crippen molar-refractivity contribution in [3.63, 3.8) is 0 Å². The number of aliphatic hydroxyl groups excluding tert-OH is 13. The summed E-state index contributed by atoms with van der Waals surface area (Å²) < 4.78 is 46.6. The second-order valence-electron chi connectivity index (χ2n) is 26.8. The van der Waals surface area contributed by atoms with Crippen LogP contribution in [0.5, 0.6) is 0 Å². The van der Waals surface area contributed by atoms with Crippen molar-refractivity contribution in [3.8, 4) is 0 Å². The summed E-state index contributed by atoms with van der Waals surface area (Å²) in [7, 11) is 0. The molecule has 25 heteroatoms. The topological polar surface area (TPSA) is 395 Å². The lowest BCUT2D eigenvalue weighted by atomic mass is 9.95. The first-order valence-electron chi connectivity index (χ1n) is 36.6. The highest BCUT2D eigenvalue weighted by molar-refractivity contribution is 5.76. The number of hydrogen-bond donors (Lipinski definition) is 15. The summed E-state index contributed by atoms with van der Waals surface area (Å²) in [6.07, 6.45) is 11.9. The minimum atomic E-state index is -2.11. The van der Waals surface area contributed by atoms with E-state index in [1.54, 1.807) is 6.08 Å². The lowest BCUT2D eigenvalue weighted by Crippen LogP contribution is -2.69. The van der Waals surface area contributed by atoms with Gasteiger partial charge in [-0.25, -0.2) is 0 Å². The maximum absolute atomic E-state index is 13.5. The molecule has 4 saturated heterocycles. The van der Waals surface area contributed by atoms with Crippen LogP contribution >= 0.6 is 0 Å². The van der Waals surface area contributed by atoms with E-state index in [1.165, 1.54) is 154 Å². The molecule has 0 saturated carbocycles. The zero-order valence-electron chi connectivity index (χ0n) is 57.5. The molecule has 0 aromatic rings. The number of hydrogen-bond acceptors (Lipinski definition) is 23. The van der Waals surface area contributed by atoms with Crippen LogP contribution in [0.15, 0.2) is 24.3 Å². The summed E-state index contributed by atoms with van der Waals surface area (Å²) in [5, 5.41) is 148. The monoisotopic (exact) mass is 1360 g/mol. The summed E-state index contributed by atoms with van der Waals surface area (Å²) in [5.41, 5.74) is 0. The summed E-state index contributed by atoms with van der Waals surface area (Å²) >= 11 is 0. The molecule has 2 amide bonds. The number of allylic oxidation sites excluding steroid dienone is 3. The first kappa shape index (κ1) is 85.0. The van der Waals surface area contributed by atoms with Gasteiger partial charge in [0.05, 0.1) is 45.2 Å². The van der Waals surface area contributed by atoms with Gasteiger partial charge in [-0.05, 0) is 44.9 Å². The minimum absolute atomic E-state index is 0.209. The standard InChI is InChI=1S/C70H128N2O23/c1-4-6-8-10-12-14-16-18-19-20-21-22-23-24-25-26-27-29-31-33-35-37-39-41-54(79)72-48(49(78)40-38-36-34-32-30-28-17-15-13-11-9-7-5-2)46-88-68-61(85)60(84)64(53(45-76)92-68)93-69-63(87)66(58(82)52(44-75)90-69)95-70-62(86)65(57(81)51(43-74)91-70)94-67-55(71-47(3)77)59(83)56(80)50(42-73)89-67/h18-19,38,40,48-53,55-70,73-76,78,80-87H,4-17,20-37,39,41-46H2,1-3H3,(H,71,77)(H,72,79)/b19-18-,40-38+/t48-,49+,50?,51?,52?,53?,55?,56-,57-,58-,59+,60+,61?,62?,63?,64+,65-,66-,67-,68+,69-,70+/m0/s1. The number of rotatable bonds is 52. The van der Waals surface area contributed by atoms with Crippen molar-refractivity contribution < 1.29 is 114 Å². The maximum Gasteiger partial charge on any atom is 0.220 e. The highest BCUT2D eigenvalue weighted by Crippen LogP contribution is 2.35. The predicted molar refractivity (Wildman–Crippen MR) is 354 cm³/mol. The smallest absolute Gasteiger partial charge is 0.220 e. The molecule has 556 valence electrons. The Kier molecular flexibility index (Phi) is 44.7. The number of nitrogens with one attached hydrogen (secondary N) is 2. The molecule has 0 aromatic heterocycles. The van der Waals surface area contributed by atoms with Gasteiger partial charge in [-0.15, -0.1) is 0 Å². The quantitative estimate of drug-likeness (QED) is 0.0290. The fraction of sp³-hybridized carbons (Fsp3) is 0.914. The summed E-state index contributed by atoms with van der Waals surface area (Å²) in [4.78, 5) is 25.6. The molecule has 4 heterocycles. The zero-order valence-corrected chi connectivity index (χ0v) is 57.5. The molecule has 0 aromatic carbocycles. The van der Waals surface area contributed by atoms with Crippen LogP contribution in [0.25, 0.3) is 0 Å². The fourth-order valence-corrected chi connectivity index (χ4v) is 12.8. The Morgan fingerprint density at radius 2 is 0.779 bits per heavy atom. The largest absolute Gasteiger partial charge is 0.394 e. The molecule has 4 aliphatic heterocycles. The number of amides is 2. The molecule has 4 rings (SSSR count). The van der Waals surface area contributed by atoms with Gasteiger partial charge in [-0.1, -0.05) is 205 Å². The molecular weight excluding hydrogens is 1240 g/mol. The van der Waals surface area contributed by atoms with Crippen molar-refractivity contribution >= 4 is 11.8 Å². The normalized spacial score (nSPS) is 32.1. The van der Waals surface area contributed by atoms with Gasteiger partial charge < -0.3 is 115 Å². The van der Waals surface area contributed by atoms with E-state index in [1.807, 2.05) is 6.08 Å². The molecule has 25 nitrogen and oxygen atoms in total. The van der Waals surface area contributed by atoms with E-state index in [-0.39, 0.29) is 12.3 Å². The molecule has 0 radical (unpaired) electrons. The molecule has 8 unspecified atom stereocenters. The third-order valence-corrected chi connectivity index (χ3v) is 18.8. The average molecular weight is 1370 g/mol. The minimum Gasteiger partial charge on any atom is -0.394 e.